The zero-order valence-electron chi connectivity index (χ0n) is 10.5. The molecule has 2 amide bonds. The first kappa shape index (κ1) is 14.0. The van der Waals surface area contributed by atoms with Crippen LogP contribution in [-0.2, 0) is 16.1 Å². The van der Waals surface area contributed by atoms with Gasteiger partial charge in [0.25, 0.3) is 0 Å². The molecule has 0 radical (unpaired) electrons. The summed E-state index contributed by atoms with van der Waals surface area (Å²) in [7, 11) is 0. The Hall–Kier alpha value is -2.41. The van der Waals surface area contributed by atoms with E-state index in [0.717, 1.165) is 0 Å². The Morgan fingerprint density at radius 2 is 2.00 bits per heavy atom. The van der Waals surface area contributed by atoms with Gasteiger partial charge >= 0.3 is 11.8 Å². The summed E-state index contributed by atoms with van der Waals surface area (Å²) in [5.41, 5.74) is 0.364. The van der Waals surface area contributed by atoms with Crippen LogP contribution in [-0.4, -0.2) is 22.0 Å². The van der Waals surface area contributed by atoms with Crippen molar-refractivity contribution in [1.82, 2.24) is 15.5 Å². The summed E-state index contributed by atoms with van der Waals surface area (Å²) in [4.78, 5) is 23.2. The quantitative estimate of drug-likeness (QED) is 0.831. The standard InChI is InChI=1S/C12H11ClN4O3/c1-7-16-17-10(20-7)6-14-11(18)12(19)15-9-5-3-2-4-8(9)13/h2-5H,6H2,1H3,(H,14,18)(H,15,19). The van der Waals surface area contributed by atoms with Gasteiger partial charge in [-0.25, -0.2) is 0 Å². The van der Waals surface area contributed by atoms with Crippen molar-refractivity contribution in [2.75, 3.05) is 5.32 Å². The van der Waals surface area contributed by atoms with Crippen LogP contribution in [0.5, 0.6) is 0 Å². The number of hydrogen-bond acceptors (Lipinski definition) is 5. The number of nitrogens with zero attached hydrogens (tertiary/aromatic N) is 2. The van der Waals surface area contributed by atoms with Crippen LogP contribution in [0.3, 0.4) is 0 Å². The van der Waals surface area contributed by atoms with Crippen LogP contribution in [0.1, 0.15) is 11.8 Å². The molecule has 0 saturated heterocycles. The zero-order valence-corrected chi connectivity index (χ0v) is 11.3. The molecule has 0 saturated carbocycles. The van der Waals surface area contributed by atoms with Gasteiger partial charge in [0.1, 0.15) is 0 Å². The maximum absolute atomic E-state index is 11.6. The predicted molar refractivity (Wildman–Crippen MR) is 71.0 cm³/mol. The molecule has 2 N–H and O–H groups in total. The van der Waals surface area contributed by atoms with Crippen molar-refractivity contribution in [3.63, 3.8) is 0 Å². The van der Waals surface area contributed by atoms with E-state index < -0.39 is 11.8 Å². The number of aromatic nitrogens is 2. The Bertz CT molecular complexity index is 641. The fourth-order valence-corrected chi connectivity index (χ4v) is 1.57. The second kappa shape index (κ2) is 6.16. The highest BCUT2D eigenvalue weighted by atomic mass is 35.5. The normalized spacial score (nSPS) is 10.1. The molecule has 0 atom stereocenters. The number of amides is 2. The molecule has 0 aliphatic carbocycles. The molecule has 2 aromatic rings. The van der Waals surface area contributed by atoms with E-state index >= 15 is 0 Å². The summed E-state index contributed by atoms with van der Waals surface area (Å²) in [6.45, 7) is 1.61. The van der Waals surface area contributed by atoms with Gasteiger partial charge in [0, 0.05) is 6.92 Å². The molecule has 1 aromatic heterocycles. The van der Waals surface area contributed by atoms with Crippen LogP contribution in [0.15, 0.2) is 28.7 Å². The fourth-order valence-electron chi connectivity index (χ4n) is 1.39. The van der Waals surface area contributed by atoms with Crippen molar-refractivity contribution < 1.29 is 14.0 Å². The van der Waals surface area contributed by atoms with E-state index in [-0.39, 0.29) is 12.4 Å². The number of rotatable bonds is 3. The van der Waals surface area contributed by atoms with E-state index in [4.69, 9.17) is 16.0 Å². The number of hydrogen-bond donors (Lipinski definition) is 2. The number of benzene rings is 1. The van der Waals surface area contributed by atoms with Gasteiger partial charge < -0.3 is 15.1 Å². The van der Waals surface area contributed by atoms with Crippen molar-refractivity contribution in [2.24, 2.45) is 0 Å². The number of para-hydroxylation sites is 1. The molecule has 0 bridgehead atoms. The van der Waals surface area contributed by atoms with Crippen molar-refractivity contribution in [3.8, 4) is 0 Å². The van der Waals surface area contributed by atoms with Crippen LogP contribution in [0.25, 0.3) is 0 Å². The first-order valence-corrected chi connectivity index (χ1v) is 6.07. The highest BCUT2D eigenvalue weighted by Gasteiger charge is 2.15. The largest absolute Gasteiger partial charge is 0.424 e. The van der Waals surface area contributed by atoms with Gasteiger partial charge in [-0.05, 0) is 12.1 Å². The Kier molecular flexibility index (Phi) is 4.31. The molecular weight excluding hydrogens is 284 g/mol. The van der Waals surface area contributed by atoms with E-state index in [2.05, 4.69) is 20.8 Å². The van der Waals surface area contributed by atoms with Crippen molar-refractivity contribution >= 4 is 29.1 Å². The number of carbonyl (C=O) groups is 2. The van der Waals surface area contributed by atoms with E-state index in [1.165, 1.54) is 0 Å². The topological polar surface area (TPSA) is 97.1 Å². The van der Waals surface area contributed by atoms with Gasteiger partial charge in [-0.15, -0.1) is 10.2 Å². The van der Waals surface area contributed by atoms with Crippen molar-refractivity contribution in [2.45, 2.75) is 13.5 Å². The lowest BCUT2D eigenvalue weighted by atomic mass is 10.3. The lowest BCUT2D eigenvalue weighted by molar-refractivity contribution is -0.136. The minimum Gasteiger partial charge on any atom is -0.424 e. The Balaban J connectivity index is 1.89. The monoisotopic (exact) mass is 294 g/mol. The van der Waals surface area contributed by atoms with Crippen LogP contribution in [0.2, 0.25) is 5.02 Å². The minimum atomic E-state index is -0.825. The summed E-state index contributed by atoms with van der Waals surface area (Å²) in [6, 6.07) is 6.61. The summed E-state index contributed by atoms with van der Waals surface area (Å²) < 4.78 is 5.06. The third-order valence-corrected chi connectivity index (χ3v) is 2.63. The van der Waals surface area contributed by atoms with E-state index in [1.807, 2.05) is 0 Å². The molecule has 0 aliphatic rings. The molecular formula is C12H11ClN4O3. The van der Waals surface area contributed by atoms with Crippen LogP contribution >= 0.6 is 11.6 Å². The molecule has 0 unspecified atom stereocenters. The fraction of sp³-hybridized carbons (Fsp3) is 0.167. The van der Waals surface area contributed by atoms with E-state index in [1.54, 1.807) is 31.2 Å². The number of nitrogens with one attached hydrogen (secondary N) is 2. The van der Waals surface area contributed by atoms with Gasteiger partial charge in [0.2, 0.25) is 11.8 Å². The lowest BCUT2D eigenvalue weighted by Crippen LogP contribution is -2.35. The maximum atomic E-state index is 11.6. The molecule has 0 spiro atoms. The molecule has 20 heavy (non-hydrogen) atoms. The molecule has 2 rings (SSSR count). The van der Waals surface area contributed by atoms with Gasteiger partial charge in [0.15, 0.2) is 0 Å². The zero-order chi connectivity index (χ0) is 14.5. The summed E-state index contributed by atoms with van der Waals surface area (Å²) in [6.07, 6.45) is 0. The first-order chi connectivity index (χ1) is 9.56. The van der Waals surface area contributed by atoms with Crippen molar-refractivity contribution in [1.29, 1.82) is 0 Å². The van der Waals surface area contributed by atoms with Crippen LogP contribution in [0.4, 0.5) is 5.69 Å². The molecule has 0 fully saturated rings. The van der Waals surface area contributed by atoms with E-state index in [0.29, 0.717) is 16.6 Å². The molecule has 8 heteroatoms. The summed E-state index contributed by atoms with van der Waals surface area (Å²) >= 11 is 5.87. The Morgan fingerprint density at radius 1 is 1.25 bits per heavy atom. The average Bonchev–Trinajstić information content (AvgIpc) is 2.84. The number of halogens is 1. The smallest absolute Gasteiger partial charge is 0.313 e. The third kappa shape index (κ3) is 3.55. The van der Waals surface area contributed by atoms with E-state index in [9.17, 15) is 9.59 Å². The highest BCUT2D eigenvalue weighted by Crippen LogP contribution is 2.20. The second-order valence-electron chi connectivity index (χ2n) is 3.83. The molecule has 7 nitrogen and oxygen atoms in total. The lowest BCUT2D eigenvalue weighted by Gasteiger charge is -2.06. The minimum absolute atomic E-state index is 0.0182. The maximum Gasteiger partial charge on any atom is 0.313 e. The summed E-state index contributed by atoms with van der Waals surface area (Å²) in [5.74, 6) is -1.04. The molecule has 104 valence electrons. The Labute approximate surface area is 119 Å². The van der Waals surface area contributed by atoms with Crippen LogP contribution < -0.4 is 10.6 Å². The molecule has 1 aromatic carbocycles. The van der Waals surface area contributed by atoms with Crippen molar-refractivity contribution in [3.05, 3.63) is 41.1 Å². The number of anilines is 1. The third-order valence-electron chi connectivity index (χ3n) is 2.30. The SMILES string of the molecule is Cc1nnc(CNC(=O)C(=O)Nc2ccccc2Cl)o1. The Morgan fingerprint density at radius 3 is 2.65 bits per heavy atom. The number of carbonyl (C=O) groups excluding carboxylic acids is 2. The average molecular weight is 295 g/mol. The van der Waals surface area contributed by atoms with Gasteiger partial charge in [-0.2, -0.15) is 0 Å². The molecule has 0 aliphatic heterocycles. The van der Waals surface area contributed by atoms with Gasteiger partial charge in [-0.3, -0.25) is 9.59 Å². The van der Waals surface area contributed by atoms with Crippen LogP contribution in [0, 0.1) is 6.92 Å². The number of aryl methyl sites for hydroxylation is 1. The second-order valence-corrected chi connectivity index (χ2v) is 4.24. The highest BCUT2D eigenvalue weighted by molar-refractivity contribution is 6.41. The van der Waals surface area contributed by atoms with Gasteiger partial charge in [0.05, 0.1) is 17.3 Å². The molecule has 1 heterocycles. The predicted octanol–water partition coefficient (Wildman–Crippen LogP) is 1.29. The first-order valence-electron chi connectivity index (χ1n) is 5.69. The van der Waals surface area contributed by atoms with Gasteiger partial charge in [-0.1, -0.05) is 23.7 Å². The summed E-state index contributed by atoms with van der Waals surface area (Å²) in [5, 5.41) is 12.4.